The lowest BCUT2D eigenvalue weighted by atomic mass is 9.84. The molecule has 1 saturated heterocycles. The maximum Gasteiger partial charge on any atom is 0.0978 e. The lowest BCUT2D eigenvalue weighted by molar-refractivity contribution is 0.0587. The van der Waals surface area contributed by atoms with Crippen LogP contribution in [0.2, 0.25) is 0 Å². The number of hydrogen-bond acceptors (Lipinski definition) is 3. The van der Waals surface area contributed by atoms with Gasteiger partial charge in [-0.2, -0.15) is 5.26 Å². The summed E-state index contributed by atoms with van der Waals surface area (Å²) in [6.07, 6.45) is 9.15. The quantitative estimate of drug-likeness (QED) is 0.772. The minimum atomic E-state index is 0.151. The van der Waals surface area contributed by atoms with Gasteiger partial charge in [0.05, 0.1) is 12.1 Å². The van der Waals surface area contributed by atoms with Crippen molar-refractivity contribution in [1.29, 1.82) is 5.26 Å². The molecule has 1 heterocycles. The van der Waals surface area contributed by atoms with Crippen molar-refractivity contribution in [3.8, 4) is 6.07 Å². The topological polar surface area (TPSA) is 30.3 Å². The maximum absolute atomic E-state index is 9.28. The van der Waals surface area contributed by atoms with Crippen LogP contribution >= 0.6 is 0 Å². The summed E-state index contributed by atoms with van der Waals surface area (Å²) < 4.78 is 0. The van der Waals surface area contributed by atoms with Crippen LogP contribution in [0.4, 0.5) is 0 Å². The monoisotopic (exact) mass is 277 g/mol. The SMILES string of the molecule is CCCC(C#N)N1CCN(C2CCC(CC)CC2)CC1. The molecule has 0 aromatic carbocycles. The van der Waals surface area contributed by atoms with Crippen LogP contribution in [0.1, 0.15) is 58.8 Å². The minimum absolute atomic E-state index is 0.151. The molecule has 0 bridgehead atoms. The third-order valence-corrected chi connectivity index (χ3v) is 5.41. The van der Waals surface area contributed by atoms with E-state index >= 15 is 0 Å². The summed E-state index contributed by atoms with van der Waals surface area (Å²) in [5.41, 5.74) is 0. The Kier molecular flexibility index (Phi) is 6.32. The molecule has 2 fully saturated rings. The van der Waals surface area contributed by atoms with E-state index in [9.17, 15) is 5.26 Å². The molecule has 2 rings (SSSR count). The molecule has 1 unspecified atom stereocenters. The van der Waals surface area contributed by atoms with Crippen LogP contribution in [-0.2, 0) is 0 Å². The molecule has 2 aliphatic rings. The first-order valence-electron chi connectivity index (χ1n) is 8.66. The highest BCUT2D eigenvalue weighted by molar-refractivity contribution is 4.94. The van der Waals surface area contributed by atoms with Crippen LogP contribution in [0.25, 0.3) is 0 Å². The first-order chi connectivity index (χ1) is 9.78. The smallest absolute Gasteiger partial charge is 0.0978 e. The standard InChI is InChI=1S/C17H31N3/c1-3-5-17(14-18)20-12-10-19(11-13-20)16-8-6-15(4-2)7-9-16/h15-17H,3-13H2,1-2H3. The molecule has 1 aliphatic heterocycles. The van der Waals surface area contributed by atoms with Gasteiger partial charge in [0.15, 0.2) is 0 Å². The Hall–Kier alpha value is -0.590. The van der Waals surface area contributed by atoms with Gasteiger partial charge in [0.25, 0.3) is 0 Å². The highest BCUT2D eigenvalue weighted by atomic mass is 15.3. The Labute approximate surface area is 124 Å². The zero-order valence-corrected chi connectivity index (χ0v) is 13.4. The van der Waals surface area contributed by atoms with E-state index in [1.54, 1.807) is 0 Å². The first kappa shape index (κ1) is 15.8. The van der Waals surface area contributed by atoms with Crippen molar-refractivity contribution in [1.82, 2.24) is 9.80 Å². The van der Waals surface area contributed by atoms with E-state index in [0.717, 1.165) is 37.9 Å². The number of piperazine rings is 1. The fourth-order valence-electron chi connectivity index (χ4n) is 3.93. The van der Waals surface area contributed by atoms with E-state index in [2.05, 4.69) is 29.7 Å². The Morgan fingerprint density at radius 1 is 1.05 bits per heavy atom. The molecule has 0 spiro atoms. The van der Waals surface area contributed by atoms with Crippen molar-refractivity contribution in [3.05, 3.63) is 0 Å². The average molecular weight is 277 g/mol. The van der Waals surface area contributed by atoms with E-state index in [0.29, 0.717) is 0 Å². The highest BCUT2D eigenvalue weighted by Crippen LogP contribution is 2.30. The predicted molar refractivity (Wildman–Crippen MR) is 83.5 cm³/mol. The Morgan fingerprint density at radius 2 is 1.70 bits per heavy atom. The fraction of sp³-hybridized carbons (Fsp3) is 0.941. The second-order valence-electron chi connectivity index (χ2n) is 6.59. The molecule has 0 N–H and O–H groups in total. The van der Waals surface area contributed by atoms with E-state index in [4.69, 9.17) is 0 Å². The Morgan fingerprint density at radius 3 is 2.20 bits per heavy atom. The van der Waals surface area contributed by atoms with E-state index in [1.165, 1.54) is 45.2 Å². The molecule has 114 valence electrons. The van der Waals surface area contributed by atoms with Crippen molar-refractivity contribution in [2.75, 3.05) is 26.2 Å². The molecule has 1 aliphatic carbocycles. The third-order valence-electron chi connectivity index (χ3n) is 5.41. The van der Waals surface area contributed by atoms with Crippen LogP contribution in [0.15, 0.2) is 0 Å². The summed E-state index contributed by atoms with van der Waals surface area (Å²) in [5.74, 6) is 0.986. The van der Waals surface area contributed by atoms with Crippen LogP contribution in [-0.4, -0.2) is 48.1 Å². The van der Waals surface area contributed by atoms with E-state index in [-0.39, 0.29) is 6.04 Å². The van der Waals surface area contributed by atoms with Crippen molar-refractivity contribution in [2.45, 2.75) is 70.9 Å². The van der Waals surface area contributed by atoms with Gasteiger partial charge in [0.1, 0.15) is 0 Å². The van der Waals surface area contributed by atoms with Crippen LogP contribution in [0.3, 0.4) is 0 Å². The van der Waals surface area contributed by atoms with Gasteiger partial charge in [-0.05, 0) is 38.0 Å². The molecule has 20 heavy (non-hydrogen) atoms. The summed E-state index contributed by atoms with van der Waals surface area (Å²) in [6.45, 7) is 9.02. The normalized spacial score (nSPS) is 30.9. The van der Waals surface area contributed by atoms with Gasteiger partial charge < -0.3 is 0 Å². The largest absolute Gasteiger partial charge is 0.298 e. The van der Waals surface area contributed by atoms with Crippen LogP contribution in [0.5, 0.6) is 0 Å². The molecule has 3 nitrogen and oxygen atoms in total. The zero-order chi connectivity index (χ0) is 14.4. The van der Waals surface area contributed by atoms with Crippen LogP contribution < -0.4 is 0 Å². The predicted octanol–water partition coefficient (Wildman–Crippen LogP) is 3.27. The zero-order valence-electron chi connectivity index (χ0n) is 13.4. The Balaban J connectivity index is 1.75. The molecule has 1 saturated carbocycles. The van der Waals surface area contributed by atoms with Crippen molar-refractivity contribution in [2.24, 2.45) is 5.92 Å². The molecular weight excluding hydrogens is 246 g/mol. The van der Waals surface area contributed by atoms with E-state index < -0.39 is 0 Å². The van der Waals surface area contributed by atoms with Gasteiger partial charge in [-0.15, -0.1) is 0 Å². The Bertz CT molecular complexity index is 307. The van der Waals surface area contributed by atoms with Gasteiger partial charge in [-0.1, -0.05) is 26.7 Å². The molecule has 0 radical (unpaired) electrons. The summed E-state index contributed by atoms with van der Waals surface area (Å²) in [5, 5.41) is 9.28. The minimum Gasteiger partial charge on any atom is -0.298 e. The molecule has 0 aromatic heterocycles. The lowest BCUT2D eigenvalue weighted by Crippen LogP contribution is -2.53. The van der Waals surface area contributed by atoms with Gasteiger partial charge in [-0.25, -0.2) is 0 Å². The molecule has 1 atom stereocenters. The number of nitrogens with zero attached hydrogens (tertiary/aromatic N) is 3. The summed E-state index contributed by atoms with van der Waals surface area (Å²) in [4.78, 5) is 5.10. The summed E-state index contributed by atoms with van der Waals surface area (Å²) in [7, 11) is 0. The lowest BCUT2D eigenvalue weighted by Gasteiger charge is -2.43. The number of hydrogen-bond donors (Lipinski definition) is 0. The van der Waals surface area contributed by atoms with Crippen molar-refractivity contribution < 1.29 is 0 Å². The molecule has 0 aromatic rings. The maximum atomic E-state index is 9.28. The number of nitriles is 1. The fourth-order valence-corrected chi connectivity index (χ4v) is 3.93. The second-order valence-corrected chi connectivity index (χ2v) is 6.59. The van der Waals surface area contributed by atoms with Gasteiger partial charge >= 0.3 is 0 Å². The first-order valence-corrected chi connectivity index (χ1v) is 8.66. The van der Waals surface area contributed by atoms with Gasteiger partial charge in [0.2, 0.25) is 0 Å². The molecular formula is C17H31N3. The van der Waals surface area contributed by atoms with Gasteiger partial charge in [-0.3, -0.25) is 9.80 Å². The second kappa shape index (κ2) is 8.00. The van der Waals surface area contributed by atoms with E-state index in [1.807, 2.05) is 0 Å². The number of rotatable bonds is 5. The summed E-state index contributed by atoms with van der Waals surface area (Å²) in [6, 6.07) is 3.46. The molecule has 3 heteroatoms. The van der Waals surface area contributed by atoms with Crippen LogP contribution in [0, 0.1) is 17.2 Å². The summed E-state index contributed by atoms with van der Waals surface area (Å²) >= 11 is 0. The van der Waals surface area contributed by atoms with Crippen molar-refractivity contribution >= 4 is 0 Å². The van der Waals surface area contributed by atoms with Crippen molar-refractivity contribution in [3.63, 3.8) is 0 Å². The highest BCUT2D eigenvalue weighted by Gasteiger charge is 2.29. The molecule has 0 amide bonds. The third kappa shape index (κ3) is 3.96. The average Bonchev–Trinajstić information content (AvgIpc) is 2.53. The van der Waals surface area contributed by atoms with Gasteiger partial charge in [0, 0.05) is 32.2 Å².